The predicted octanol–water partition coefficient (Wildman–Crippen LogP) is 1.23. The van der Waals surface area contributed by atoms with E-state index in [0.29, 0.717) is 4.90 Å². The van der Waals surface area contributed by atoms with Gasteiger partial charge < -0.3 is 5.32 Å². The Bertz CT molecular complexity index is 492. The highest BCUT2D eigenvalue weighted by molar-refractivity contribution is 7.89. The molecule has 0 spiro atoms. The fourth-order valence-corrected chi connectivity index (χ4v) is 3.36. The van der Waals surface area contributed by atoms with Crippen molar-refractivity contribution in [3.8, 4) is 0 Å². The molecule has 18 heavy (non-hydrogen) atoms. The SMILES string of the molecule is CCCc1ccc(S(=O)(=O)N(C)C2CNC2)cc1. The number of benzene rings is 1. The molecule has 1 heterocycles. The molecule has 0 saturated carbocycles. The van der Waals surface area contributed by atoms with E-state index < -0.39 is 10.0 Å². The van der Waals surface area contributed by atoms with Gasteiger partial charge in [-0.1, -0.05) is 25.5 Å². The van der Waals surface area contributed by atoms with Gasteiger partial charge in [-0.05, 0) is 24.1 Å². The van der Waals surface area contributed by atoms with Crippen molar-refractivity contribution in [1.82, 2.24) is 9.62 Å². The van der Waals surface area contributed by atoms with Crippen LogP contribution in [0.15, 0.2) is 29.2 Å². The van der Waals surface area contributed by atoms with Gasteiger partial charge >= 0.3 is 0 Å². The number of rotatable bonds is 5. The molecule has 0 aromatic heterocycles. The van der Waals surface area contributed by atoms with Crippen molar-refractivity contribution >= 4 is 10.0 Å². The summed E-state index contributed by atoms with van der Waals surface area (Å²) in [5.41, 5.74) is 1.18. The Morgan fingerprint density at radius 3 is 2.33 bits per heavy atom. The van der Waals surface area contributed by atoms with Crippen molar-refractivity contribution in [1.29, 1.82) is 0 Å². The average Bonchev–Trinajstić information content (AvgIpc) is 2.28. The zero-order valence-corrected chi connectivity index (χ0v) is 11.7. The van der Waals surface area contributed by atoms with Crippen LogP contribution in [0.3, 0.4) is 0 Å². The van der Waals surface area contributed by atoms with Gasteiger partial charge in [0.15, 0.2) is 0 Å². The summed E-state index contributed by atoms with van der Waals surface area (Å²) in [6.45, 7) is 3.59. The Kier molecular flexibility index (Phi) is 4.04. The standard InChI is InChI=1S/C13H20N2O2S/c1-3-4-11-5-7-13(8-6-11)18(16,17)15(2)12-9-14-10-12/h5-8,12,14H,3-4,9-10H2,1-2H3. The Hall–Kier alpha value is -0.910. The first kappa shape index (κ1) is 13.5. The second-order valence-electron chi connectivity index (χ2n) is 4.73. The van der Waals surface area contributed by atoms with Crippen LogP contribution in [0.4, 0.5) is 0 Å². The van der Waals surface area contributed by atoms with Crippen molar-refractivity contribution in [3.63, 3.8) is 0 Å². The largest absolute Gasteiger partial charge is 0.313 e. The lowest BCUT2D eigenvalue weighted by molar-refractivity contribution is 0.274. The van der Waals surface area contributed by atoms with E-state index in [1.165, 1.54) is 9.87 Å². The van der Waals surface area contributed by atoms with E-state index in [0.717, 1.165) is 25.9 Å². The molecule has 0 unspecified atom stereocenters. The normalized spacial score (nSPS) is 16.8. The highest BCUT2D eigenvalue weighted by Crippen LogP contribution is 2.19. The van der Waals surface area contributed by atoms with E-state index in [9.17, 15) is 8.42 Å². The van der Waals surface area contributed by atoms with E-state index in [4.69, 9.17) is 0 Å². The number of sulfonamides is 1. The molecule has 0 atom stereocenters. The molecule has 0 aliphatic carbocycles. The highest BCUT2D eigenvalue weighted by atomic mass is 32.2. The van der Waals surface area contributed by atoms with Gasteiger partial charge in [-0.2, -0.15) is 4.31 Å². The van der Waals surface area contributed by atoms with Crippen molar-refractivity contribution < 1.29 is 8.42 Å². The van der Waals surface area contributed by atoms with Crippen molar-refractivity contribution in [2.45, 2.75) is 30.7 Å². The van der Waals surface area contributed by atoms with Gasteiger partial charge in [0.2, 0.25) is 10.0 Å². The molecule has 1 aliphatic heterocycles. The molecule has 0 bridgehead atoms. The molecule has 4 nitrogen and oxygen atoms in total. The van der Waals surface area contributed by atoms with Crippen LogP contribution in [-0.2, 0) is 16.4 Å². The molecule has 1 saturated heterocycles. The number of likely N-dealkylation sites (N-methyl/N-ethyl adjacent to an activating group) is 1. The van der Waals surface area contributed by atoms with Gasteiger partial charge in [0.05, 0.1) is 4.90 Å². The lowest BCUT2D eigenvalue weighted by Crippen LogP contribution is -2.57. The number of hydrogen-bond donors (Lipinski definition) is 1. The van der Waals surface area contributed by atoms with Gasteiger partial charge in [-0.25, -0.2) is 8.42 Å². The molecule has 1 aromatic rings. The van der Waals surface area contributed by atoms with E-state index >= 15 is 0 Å². The minimum atomic E-state index is -3.34. The second kappa shape index (κ2) is 5.38. The molecule has 1 aromatic carbocycles. The third-order valence-electron chi connectivity index (χ3n) is 3.41. The maximum Gasteiger partial charge on any atom is 0.243 e. The first-order valence-corrected chi connectivity index (χ1v) is 7.77. The van der Waals surface area contributed by atoms with E-state index in [1.54, 1.807) is 19.2 Å². The molecule has 5 heteroatoms. The lowest BCUT2D eigenvalue weighted by atomic mass is 10.1. The summed E-state index contributed by atoms with van der Waals surface area (Å²) in [4.78, 5) is 0.386. The molecule has 0 amide bonds. The number of hydrogen-bond acceptors (Lipinski definition) is 3. The zero-order valence-electron chi connectivity index (χ0n) is 10.9. The predicted molar refractivity (Wildman–Crippen MR) is 72.0 cm³/mol. The summed E-state index contributed by atoms with van der Waals surface area (Å²) < 4.78 is 26.1. The number of aryl methyl sites for hydroxylation is 1. The molecular weight excluding hydrogens is 248 g/mol. The maximum absolute atomic E-state index is 12.3. The smallest absolute Gasteiger partial charge is 0.243 e. The van der Waals surface area contributed by atoms with Crippen LogP contribution >= 0.6 is 0 Å². The fraction of sp³-hybridized carbons (Fsp3) is 0.538. The average molecular weight is 268 g/mol. The minimum Gasteiger partial charge on any atom is -0.313 e. The number of nitrogens with one attached hydrogen (secondary N) is 1. The van der Waals surface area contributed by atoms with Crippen LogP contribution in [0.5, 0.6) is 0 Å². The second-order valence-corrected chi connectivity index (χ2v) is 6.72. The first-order chi connectivity index (χ1) is 8.55. The van der Waals surface area contributed by atoms with Crippen LogP contribution in [0, 0.1) is 0 Å². The van der Waals surface area contributed by atoms with Crippen LogP contribution in [0.1, 0.15) is 18.9 Å². The Morgan fingerprint density at radius 1 is 1.28 bits per heavy atom. The zero-order chi connectivity index (χ0) is 13.2. The maximum atomic E-state index is 12.3. The lowest BCUT2D eigenvalue weighted by Gasteiger charge is -2.34. The Morgan fingerprint density at radius 2 is 1.89 bits per heavy atom. The molecule has 2 rings (SSSR count). The highest BCUT2D eigenvalue weighted by Gasteiger charge is 2.31. The third kappa shape index (κ3) is 2.58. The van der Waals surface area contributed by atoms with Crippen molar-refractivity contribution in [2.24, 2.45) is 0 Å². The summed E-state index contributed by atoms with van der Waals surface area (Å²) in [5.74, 6) is 0. The monoisotopic (exact) mass is 268 g/mol. The van der Waals surface area contributed by atoms with Crippen LogP contribution < -0.4 is 5.32 Å². The van der Waals surface area contributed by atoms with Gasteiger partial charge in [-0.15, -0.1) is 0 Å². The van der Waals surface area contributed by atoms with E-state index in [1.807, 2.05) is 12.1 Å². The first-order valence-electron chi connectivity index (χ1n) is 6.33. The third-order valence-corrected chi connectivity index (χ3v) is 5.34. The van der Waals surface area contributed by atoms with Crippen molar-refractivity contribution in [3.05, 3.63) is 29.8 Å². The minimum absolute atomic E-state index is 0.0883. The van der Waals surface area contributed by atoms with Crippen LogP contribution in [-0.4, -0.2) is 38.9 Å². The van der Waals surface area contributed by atoms with E-state index in [2.05, 4.69) is 12.2 Å². The summed E-state index contributed by atoms with van der Waals surface area (Å²) in [6.07, 6.45) is 2.06. The fourth-order valence-electron chi connectivity index (χ4n) is 2.01. The van der Waals surface area contributed by atoms with Gasteiger partial charge in [0.1, 0.15) is 0 Å². The Balaban J connectivity index is 2.18. The van der Waals surface area contributed by atoms with Gasteiger partial charge in [-0.3, -0.25) is 0 Å². The summed E-state index contributed by atoms with van der Waals surface area (Å²) in [7, 11) is -1.68. The van der Waals surface area contributed by atoms with Crippen LogP contribution in [0.25, 0.3) is 0 Å². The topological polar surface area (TPSA) is 49.4 Å². The molecular formula is C13H20N2O2S. The van der Waals surface area contributed by atoms with E-state index in [-0.39, 0.29) is 6.04 Å². The quantitative estimate of drug-likeness (QED) is 0.874. The van der Waals surface area contributed by atoms with Gasteiger partial charge in [0, 0.05) is 26.2 Å². The van der Waals surface area contributed by atoms with Crippen LogP contribution in [0.2, 0.25) is 0 Å². The number of nitrogens with zero attached hydrogens (tertiary/aromatic N) is 1. The summed E-state index contributed by atoms with van der Waals surface area (Å²) in [5, 5.41) is 3.09. The molecule has 1 aliphatic rings. The summed E-state index contributed by atoms with van der Waals surface area (Å²) >= 11 is 0. The molecule has 1 fully saturated rings. The molecule has 1 N–H and O–H groups in total. The molecule has 100 valence electrons. The van der Waals surface area contributed by atoms with Crippen molar-refractivity contribution in [2.75, 3.05) is 20.1 Å². The van der Waals surface area contributed by atoms with Gasteiger partial charge in [0.25, 0.3) is 0 Å². The Labute approximate surface area is 109 Å². The molecule has 0 radical (unpaired) electrons. The summed E-state index contributed by atoms with van der Waals surface area (Å²) in [6, 6.07) is 7.32.